The molecule has 1 N–H and O–H groups in total. The molecule has 4 nitrogen and oxygen atoms in total. The maximum absolute atomic E-state index is 13.2. The Labute approximate surface area is 184 Å². The minimum Gasteiger partial charge on any atom is -0.352 e. The van der Waals surface area contributed by atoms with Crippen LogP contribution in [0.5, 0.6) is 0 Å². The van der Waals surface area contributed by atoms with Gasteiger partial charge in [-0.25, -0.2) is 0 Å². The lowest BCUT2D eigenvalue weighted by molar-refractivity contribution is -0.139. The third-order valence-corrected chi connectivity index (χ3v) is 6.08. The molecular weight excluding hydrogens is 396 g/mol. The van der Waals surface area contributed by atoms with E-state index in [0.29, 0.717) is 18.0 Å². The van der Waals surface area contributed by atoms with Crippen molar-refractivity contribution < 1.29 is 9.59 Å². The standard InChI is InChI=1S/C25H31ClN2O2/c1-19(25(30)27-23-13-6-3-7-14-23)28(16-15-20-9-4-2-5-10-20)24(29)18-21-11-8-12-22(26)17-21/h2,4-5,8-12,17,19,23H,3,6-7,13-16,18H2,1H3,(H,27,30)/t19-/m1/s1. The normalized spacial score (nSPS) is 15.4. The molecule has 0 saturated heterocycles. The van der Waals surface area contributed by atoms with Crippen molar-refractivity contribution in [1.29, 1.82) is 0 Å². The molecule has 1 fully saturated rings. The summed E-state index contributed by atoms with van der Waals surface area (Å²) in [5, 5.41) is 3.78. The lowest BCUT2D eigenvalue weighted by atomic mass is 9.95. The molecule has 160 valence electrons. The largest absolute Gasteiger partial charge is 0.352 e. The third kappa shape index (κ3) is 6.60. The minimum atomic E-state index is -0.512. The van der Waals surface area contributed by atoms with Gasteiger partial charge in [0.2, 0.25) is 11.8 Å². The monoisotopic (exact) mass is 426 g/mol. The highest BCUT2D eigenvalue weighted by atomic mass is 35.5. The molecule has 1 saturated carbocycles. The van der Waals surface area contributed by atoms with Crippen LogP contribution in [0.15, 0.2) is 54.6 Å². The summed E-state index contributed by atoms with van der Waals surface area (Å²) in [4.78, 5) is 27.8. The summed E-state index contributed by atoms with van der Waals surface area (Å²) in [7, 11) is 0. The topological polar surface area (TPSA) is 49.4 Å². The highest BCUT2D eigenvalue weighted by molar-refractivity contribution is 6.30. The molecule has 1 aliphatic carbocycles. The first-order valence-corrected chi connectivity index (χ1v) is 11.3. The first-order chi connectivity index (χ1) is 14.5. The van der Waals surface area contributed by atoms with E-state index in [0.717, 1.165) is 36.8 Å². The van der Waals surface area contributed by atoms with Gasteiger partial charge in [-0.1, -0.05) is 73.3 Å². The quantitative estimate of drug-likeness (QED) is 0.659. The van der Waals surface area contributed by atoms with Crippen LogP contribution in [0.2, 0.25) is 5.02 Å². The Morgan fingerprint density at radius 2 is 1.73 bits per heavy atom. The first-order valence-electron chi connectivity index (χ1n) is 10.9. The van der Waals surface area contributed by atoms with E-state index in [2.05, 4.69) is 5.32 Å². The van der Waals surface area contributed by atoms with Gasteiger partial charge < -0.3 is 10.2 Å². The van der Waals surface area contributed by atoms with Crippen LogP contribution in [-0.2, 0) is 22.4 Å². The molecule has 0 radical (unpaired) electrons. The maximum Gasteiger partial charge on any atom is 0.242 e. The number of rotatable bonds is 8. The summed E-state index contributed by atoms with van der Waals surface area (Å²) < 4.78 is 0. The first kappa shape index (κ1) is 22.4. The lowest BCUT2D eigenvalue weighted by Crippen LogP contribution is -2.51. The molecule has 2 amide bonds. The van der Waals surface area contributed by atoms with Gasteiger partial charge in [0.1, 0.15) is 6.04 Å². The van der Waals surface area contributed by atoms with Crippen molar-refractivity contribution in [3.8, 4) is 0 Å². The number of nitrogens with one attached hydrogen (secondary N) is 1. The van der Waals surface area contributed by atoms with E-state index in [-0.39, 0.29) is 24.3 Å². The average Bonchev–Trinajstić information content (AvgIpc) is 2.75. The van der Waals surface area contributed by atoms with Crippen LogP contribution in [-0.4, -0.2) is 35.3 Å². The van der Waals surface area contributed by atoms with Gasteiger partial charge in [0.15, 0.2) is 0 Å². The fourth-order valence-corrected chi connectivity index (χ4v) is 4.27. The molecule has 0 heterocycles. The average molecular weight is 427 g/mol. The van der Waals surface area contributed by atoms with Gasteiger partial charge in [-0.2, -0.15) is 0 Å². The second-order valence-electron chi connectivity index (χ2n) is 8.15. The maximum atomic E-state index is 13.2. The Hall–Kier alpha value is -2.33. The summed E-state index contributed by atoms with van der Waals surface area (Å²) in [6.07, 6.45) is 6.55. The molecule has 2 aromatic rings. The van der Waals surface area contributed by atoms with Crippen molar-refractivity contribution in [2.24, 2.45) is 0 Å². The molecule has 0 bridgehead atoms. The van der Waals surface area contributed by atoms with Gasteiger partial charge in [-0.3, -0.25) is 9.59 Å². The molecule has 30 heavy (non-hydrogen) atoms. The Morgan fingerprint density at radius 3 is 2.43 bits per heavy atom. The molecule has 0 aliphatic heterocycles. The molecule has 1 atom stereocenters. The van der Waals surface area contributed by atoms with Gasteiger partial charge in [-0.05, 0) is 49.4 Å². The number of benzene rings is 2. The molecule has 0 unspecified atom stereocenters. The predicted octanol–water partition coefficient (Wildman–Crippen LogP) is 4.79. The highest BCUT2D eigenvalue weighted by Gasteiger charge is 2.27. The molecule has 0 aromatic heterocycles. The van der Waals surface area contributed by atoms with Crippen LogP contribution in [0.25, 0.3) is 0 Å². The smallest absolute Gasteiger partial charge is 0.242 e. The predicted molar refractivity (Wildman–Crippen MR) is 121 cm³/mol. The van der Waals surface area contributed by atoms with Gasteiger partial charge >= 0.3 is 0 Å². The van der Waals surface area contributed by atoms with Crippen molar-refractivity contribution in [1.82, 2.24) is 10.2 Å². The number of hydrogen-bond donors (Lipinski definition) is 1. The summed E-state index contributed by atoms with van der Waals surface area (Å²) >= 11 is 6.08. The second kappa shape index (κ2) is 11.2. The summed E-state index contributed by atoms with van der Waals surface area (Å²) in [6.45, 7) is 2.34. The Kier molecular flexibility index (Phi) is 8.32. The lowest BCUT2D eigenvalue weighted by Gasteiger charge is -2.31. The van der Waals surface area contributed by atoms with Crippen molar-refractivity contribution in [2.45, 2.75) is 64.0 Å². The van der Waals surface area contributed by atoms with Crippen LogP contribution in [0.3, 0.4) is 0 Å². The SMILES string of the molecule is C[C@H](C(=O)NC1CCCCC1)N(CCc1ccccc1)C(=O)Cc1cccc(Cl)c1. The van der Waals surface area contributed by atoms with Crippen LogP contribution < -0.4 is 5.32 Å². The third-order valence-electron chi connectivity index (χ3n) is 5.85. The summed E-state index contributed by atoms with van der Waals surface area (Å²) in [5.41, 5.74) is 2.01. The van der Waals surface area contributed by atoms with Crippen LogP contribution >= 0.6 is 11.6 Å². The van der Waals surface area contributed by atoms with Crippen molar-refractivity contribution in [2.75, 3.05) is 6.54 Å². The van der Waals surface area contributed by atoms with Gasteiger partial charge in [0.05, 0.1) is 6.42 Å². The van der Waals surface area contributed by atoms with E-state index in [9.17, 15) is 9.59 Å². The molecule has 1 aliphatic rings. The fourth-order valence-electron chi connectivity index (χ4n) is 4.06. The van der Waals surface area contributed by atoms with Gasteiger partial charge in [0, 0.05) is 17.6 Å². The fraction of sp³-hybridized carbons (Fsp3) is 0.440. The number of halogens is 1. The van der Waals surface area contributed by atoms with E-state index in [4.69, 9.17) is 11.6 Å². The molecule has 0 spiro atoms. The van der Waals surface area contributed by atoms with Crippen molar-refractivity contribution in [3.63, 3.8) is 0 Å². The Balaban J connectivity index is 1.69. The zero-order valence-electron chi connectivity index (χ0n) is 17.6. The molecule has 5 heteroatoms. The van der Waals surface area contributed by atoms with Crippen LogP contribution in [0, 0.1) is 0 Å². The van der Waals surface area contributed by atoms with Crippen LogP contribution in [0.1, 0.15) is 50.2 Å². The number of amides is 2. The van der Waals surface area contributed by atoms with E-state index in [1.807, 2.05) is 55.5 Å². The van der Waals surface area contributed by atoms with Gasteiger partial charge in [0.25, 0.3) is 0 Å². The summed E-state index contributed by atoms with van der Waals surface area (Å²) in [5.74, 6) is -0.117. The zero-order valence-corrected chi connectivity index (χ0v) is 18.4. The second-order valence-corrected chi connectivity index (χ2v) is 8.59. The zero-order chi connectivity index (χ0) is 21.3. The van der Waals surface area contributed by atoms with Gasteiger partial charge in [-0.15, -0.1) is 0 Å². The highest BCUT2D eigenvalue weighted by Crippen LogP contribution is 2.18. The number of hydrogen-bond acceptors (Lipinski definition) is 2. The minimum absolute atomic E-state index is 0.0560. The molecule has 2 aromatic carbocycles. The Bertz CT molecular complexity index is 834. The molecule has 3 rings (SSSR count). The number of carbonyl (C=O) groups is 2. The van der Waals surface area contributed by atoms with Crippen LogP contribution in [0.4, 0.5) is 0 Å². The summed E-state index contributed by atoms with van der Waals surface area (Å²) in [6, 6.07) is 17.1. The Morgan fingerprint density at radius 1 is 1.03 bits per heavy atom. The number of carbonyl (C=O) groups excluding carboxylic acids is 2. The van der Waals surface area contributed by atoms with Crippen molar-refractivity contribution in [3.05, 3.63) is 70.7 Å². The number of nitrogens with zero attached hydrogens (tertiary/aromatic N) is 1. The van der Waals surface area contributed by atoms with E-state index in [1.165, 1.54) is 6.42 Å². The molecular formula is C25H31ClN2O2. The van der Waals surface area contributed by atoms with E-state index >= 15 is 0 Å². The van der Waals surface area contributed by atoms with Crippen molar-refractivity contribution >= 4 is 23.4 Å². The van der Waals surface area contributed by atoms with E-state index < -0.39 is 6.04 Å². The van der Waals surface area contributed by atoms with E-state index in [1.54, 1.807) is 11.0 Å².